The molecule has 0 fully saturated rings. The Kier molecular flexibility index (Phi) is 7.68. The van der Waals surface area contributed by atoms with Crippen LogP contribution in [0.4, 0.5) is 18.9 Å². The number of carbonyl (C=O) groups excluding carboxylic acids is 1. The molecular weight excluding hydrogens is 495 g/mol. The maximum Gasteiger partial charge on any atom is 0.416 e. The molecule has 0 radical (unpaired) electrons. The second kappa shape index (κ2) is 10.8. The van der Waals surface area contributed by atoms with Crippen LogP contribution in [-0.2, 0) is 19.6 Å². The molecule has 11 heteroatoms. The number of hydrogen-bond donors (Lipinski definition) is 1. The summed E-state index contributed by atoms with van der Waals surface area (Å²) in [6.07, 6.45) is -0.177. The van der Waals surface area contributed by atoms with Crippen LogP contribution < -0.4 is 5.32 Å². The molecule has 0 saturated carbocycles. The molecule has 2 aromatic heterocycles. The molecule has 0 spiro atoms. The van der Waals surface area contributed by atoms with E-state index < -0.39 is 17.6 Å². The van der Waals surface area contributed by atoms with E-state index in [0.29, 0.717) is 30.8 Å². The second-order valence-corrected chi connectivity index (χ2v) is 9.55. The van der Waals surface area contributed by atoms with Crippen LogP contribution >= 0.6 is 0 Å². The summed E-state index contributed by atoms with van der Waals surface area (Å²) in [6.45, 7) is 4.48. The summed E-state index contributed by atoms with van der Waals surface area (Å²) in [7, 11) is 5.60. The summed E-state index contributed by atoms with van der Waals surface area (Å²) < 4.78 is 44.6. The molecule has 0 atom stereocenters. The van der Waals surface area contributed by atoms with Crippen LogP contribution in [0.25, 0.3) is 16.9 Å². The minimum absolute atomic E-state index is 0.0795. The van der Waals surface area contributed by atoms with Gasteiger partial charge in [0.1, 0.15) is 5.69 Å². The fraction of sp³-hybridized carbons (Fsp3) is 0.333. The summed E-state index contributed by atoms with van der Waals surface area (Å²) in [4.78, 5) is 15.0. The van der Waals surface area contributed by atoms with Crippen LogP contribution in [0.5, 0.6) is 0 Å². The van der Waals surface area contributed by atoms with E-state index >= 15 is 0 Å². The molecule has 0 aliphatic heterocycles. The number of aromatic nitrogens is 5. The van der Waals surface area contributed by atoms with Gasteiger partial charge >= 0.3 is 6.18 Å². The first kappa shape index (κ1) is 27.1. The van der Waals surface area contributed by atoms with Crippen LogP contribution in [0.1, 0.15) is 39.2 Å². The Morgan fingerprint density at radius 2 is 1.87 bits per heavy atom. The van der Waals surface area contributed by atoms with Gasteiger partial charge in [-0.25, -0.2) is 4.68 Å². The Bertz CT molecular complexity index is 1450. The van der Waals surface area contributed by atoms with Gasteiger partial charge in [0.2, 0.25) is 0 Å². The Morgan fingerprint density at radius 3 is 2.53 bits per heavy atom. The summed E-state index contributed by atoms with van der Waals surface area (Å²) in [6, 6.07) is 8.96. The average Bonchev–Trinajstić information content (AvgIpc) is 3.46. The first-order valence-electron chi connectivity index (χ1n) is 12.1. The van der Waals surface area contributed by atoms with Crippen molar-refractivity contribution in [3.63, 3.8) is 0 Å². The Hall–Kier alpha value is -3.99. The second-order valence-electron chi connectivity index (χ2n) is 9.55. The Morgan fingerprint density at radius 1 is 1.11 bits per heavy atom. The fourth-order valence-electron chi connectivity index (χ4n) is 4.18. The standard InChI is InChI=1S/C27H30F3N7O/c1-17-8-9-20(13-25(17)37-16-24(33-34-37)22-15-31-36(5)18(22)2)26(38)32-21-11-10-19(7-6-12-35(3)4)23(14-21)27(28,29)30/h8-11,13-16H,6-7,12H2,1-5H3,(H,32,38). The van der Waals surface area contributed by atoms with Crippen molar-refractivity contribution in [2.75, 3.05) is 26.0 Å². The molecule has 4 aromatic rings. The number of benzene rings is 2. The zero-order chi connectivity index (χ0) is 27.6. The summed E-state index contributed by atoms with van der Waals surface area (Å²) >= 11 is 0. The van der Waals surface area contributed by atoms with Crippen molar-refractivity contribution in [2.45, 2.75) is 32.9 Å². The van der Waals surface area contributed by atoms with Crippen molar-refractivity contribution >= 4 is 11.6 Å². The topological polar surface area (TPSA) is 80.9 Å². The van der Waals surface area contributed by atoms with Gasteiger partial charge in [0, 0.05) is 29.6 Å². The van der Waals surface area contributed by atoms with E-state index in [9.17, 15) is 18.0 Å². The number of nitrogens with zero attached hydrogens (tertiary/aromatic N) is 6. The number of aryl methyl sites for hydroxylation is 3. The molecule has 1 N–H and O–H groups in total. The number of nitrogens with one attached hydrogen (secondary N) is 1. The van der Waals surface area contributed by atoms with Gasteiger partial charge in [-0.2, -0.15) is 18.3 Å². The van der Waals surface area contributed by atoms with Gasteiger partial charge in [-0.15, -0.1) is 5.10 Å². The van der Waals surface area contributed by atoms with E-state index in [1.54, 1.807) is 40.0 Å². The highest BCUT2D eigenvalue weighted by atomic mass is 19.4. The summed E-state index contributed by atoms with van der Waals surface area (Å²) in [5.41, 5.74) is 3.72. The largest absolute Gasteiger partial charge is 0.416 e. The maximum atomic E-state index is 13.8. The number of hydrogen-bond acceptors (Lipinski definition) is 5. The average molecular weight is 526 g/mol. The van der Waals surface area contributed by atoms with Crippen LogP contribution in [0.15, 0.2) is 48.8 Å². The number of anilines is 1. The number of rotatable bonds is 8. The molecule has 200 valence electrons. The van der Waals surface area contributed by atoms with Gasteiger partial charge in [-0.3, -0.25) is 9.48 Å². The molecule has 0 aliphatic carbocycles. The lowest BCUT2D eigenvalue weighted by molar-refractivity contribution is -0.138. The predicted octanol–water partition coefficient (Wildman–Crippen LogP) is 5.05. The zero-order valence-electron chi connectivity index (χ0n) is 22.0. The summed E-state index contributed by atoms with van der Waals surface area (Å²) in [5, 5.41) is 15.3. The monoisotopic (exact) mass is 525 g/mol. The third-order valence-corrected chi connectivity index (χ3v) is 6.45. The van der Waals surface area contributed by atoms with Crippen molar-refractivity contribution in [2.24, 2.45) is 7.05 Å². The van der Waals surface area contributed by atoms with Gasteiger partial charge in [0.15, 0.2) is 0 Å². The van der Waals surface area contributed by atoms with E-state index in [1.807, 2.05) is 39.9 Å². The highest BCUT2D eigenvalue weighted by molar-refractivity contribution is 6.04. The van der Waals surface area contributed by atoms with Gasteiger partial charge < -0.3 is 10.2 Å². The fourth-order valence-corrected chi connectivity index (χ4v) is 4.18. The van der Waals surface area contributed by atoms with Gasteiger partial charge in [0.25, 0.3) is 5.91 Å². The minimum Gasteiger partial charge on any atom is -0.322 e. The molecule has 4 rings (SSSR count). The minimum atomic E-state index is -4.53. The van der Waals surface area contributed by atoms with Crippen LogP contribution in [0.3, 0.4) is 0 Å². The zero-order valence-corrected chi connectivity index (χ0v) is 22.0. The normalized spacial score (nSPS) is 11.8. The Balaban J connectivity index is 1.56. The highest BCUT2D eigenvalue weighted by Gasteiger charge is 2.33. The number of halogens is 3. The van der Waals surface area contributed by atoms with Gasteiger partial charge in [-0.1, -0.05) is 17.3 Å². The van der Waals surface area contributed by atoms with Gasteiger partial charge in [-0.05, 0) is 82.7 Å². The van der Waals surface area contributed by atoms with Crippen LogP contribution in [0, 0.1) is 13.8 Å². The molecule has 0 aliphatic rings. The molecule has 2 heterocycles. The van der Waals surface area contributed by atoms with Crippen molar-refractivity contribution in [1.82, 2.24) is 29.7 Å². The van der Waals surface area contributed by atoms with E-state index in [4.69, 9.17) is 0 Å². The first-order valence-corrected chi connectivity index (χ1v) is 12.1. The van der Waals surface area contributed by atoms with Crippen molar-refractivity contribution in [3.8, 4) is 16.9 Å². The lowest BCUT2D eigenvalue weighted by Crippen LogP contribution is -2.16. The molecule has 0 saturated heterocycles. The van der Waals surface area contributed by atoms with Gasteiger partial charge in [0.05, 0.1) is 23.6 Å². The molecule has 38 heavy (non-hydrogen) atoms. The smallest absolute Gasteiger partial charge is 0.322 e. The molecule has 8 nitrogen and oxygen atoms in total. The van der Waals surface area contributed by atoms with Crippen LogP contribution in [0.2, 0.25) is 0 Å². The van der Waals surface area contributed by atoms with Crippen LogP contribution in [-0.4, -0.2) is 56.2 Å². The molecule has 1 amide bonds. The SMILES string of the molecule is Cc1ccc(C(=O)Nc2ccc(CCCN(C)C)c(C(F)(F)F)c2)cc1-n1cc(-c2cnn(C)c2C)nn1. The summed E-state index contributed by atoms with van der Waals surface area (Å²) in [5.74, 6) is -0.525. The number of amides is 1. The Labute approximate surface area is 219 Å². The molecule has 0 bridgehead atoms. The van der Waals surface area contributed by atoms with E-state index in [1.165, 1.54) is 12.1 Å². The van der Waals surface area contributed by atoms with Crippen molar-refractivity contribution < 1.29 is 18.0 Å². The van der Waals surface area contributed by atoms with E-state index in [-0.39, 0.29) is 16.8 Å². The quantitative estimate of drug-likeness (QED) is 0.348. The lowest BCUT2D eigenvalue weighted by Gasteiger charge is -2.16. The number of alkyl halides is 3. The highest BCUT2D eigenvalue weighted by Crippen LogP contribution is 2.34. The van der Waals surface area contributed by atoms with Crippen molar-refractivity contribution in [1.29, 1.82) is 0 Å². The molecular formula is C27H30F3N7O. The maximum absolute atomic E-state index is 13.8. The van der Waals surface area contributed by atoms with Crippen molar-refractivity contribution in [3.05, 3.63) is 76.7 Å². The first-order chi connectivity index (χ1) is 17.9. The molecule has 0 unspecified atom stereocenters. The lowest BCUT2D eigenvalue weighted by atomic mass is 10.0. The third kappa shape index (κ3) is 5.94. The molecule has 2 aromatic carbocycles. The predicted molar refractivity (Wildman–Crippen MR) is 139 cm³/mol. The number of carbonyl (C=O) groups is 1. The van der Waals surface area contributed by atoms with E-state index in [2.05, 4.69) is 20.7 Å². The van der Waals surface area contributed by atoms with E-state index in [0.717, 1.165) is 22.9 Å². The third-order valence-electron chi connectivity index (χ3n) is 6.45.